The number of hydrogen-bond acceptors (Lipinski definition) is 4. The first-order chi connectivity index (χ1) is 28.4. The fourth-order valence-electron chi connectivity index (χ4n) is 8.42. The average molecular weight is 773 g/mol. The van der Waals surface area contributed by atoms with Crippen LogP contribution in [0.3, 0.4) is 0 Å². The monoisotopic (exact) mass is 772 g/mol. The Balaban J connectivity index is 1.00. The molecule has 2 aromatic heterocycles. The van der Waals surface area contributed by atoms with Crippen LogP contribution in [0.15, 0.2) is 176 Å². The van der Waals surface area contributed by atoms with Crippen LogP contribution in [0.2, 0.25) is 0 Å². The molecule has 3 heterocycles. The molecular formula is C54H52N4O. The lowest BCUT2D eigenvalue weighted by molar-refractivity contribution is 0.483. The lowest BCUT2D eigenvalue weighted by atomic mass is 9.75. The molecule has 0 atom stereocenters. The highest BCUT2D eigenvalue weighted by Gasteiger charge is 2.28. The molecule has 0 radical (unpaired) electrons. The van der Waals surface area contributed by atoms with E-state index in [0.717, 1.165) is 39.4 Å². The molecule has 1 aliphatic heterocycles. The van der Waals surface area contributed by atoms with Crippen LogP contribution >= 0.6 is 0 Å². The van der Waals surface area contributed by atoms with Crippen LogP contribution < -0.4 is 14.5 Å². The summed E-state index contributed by atoms with van der Waals surface area (Å²) in [5.41, 5.74) is 10.5. The summed E-state index contributed by atoms with van der Waals surface area (Å²) >= 11 is 0. The Morgan fingerprint density at radius 1 is 0.458 bits per heavy atom. The molecule has 0 saturated carbocycles. The van der Waals surface area contributed by atoms with Gasteiger partial charge in [-0.15, -0.1) is 0 Å². The van der Waals surface area contributed by atoms with Crippen LogP contribution in [0.4, 0.5) is 11.4 Å². The van der Waals surface area contributed by atoms with Gasteiger partial charge in [0, 0.05) is 63.7 Å². The Morgan fingerprint density at radius 2 is 1.07 bits per heavy atom. The Bertz CT molecular complexity index is 2830. The predicted octanol–water partition coefficient (Wildman–Crippen LogP) is 13.7. The van der Waals surface area contributed by atoms with Gasteiger partial charge in [0.25, 0.3) is 0 Å². The molecule has 0 saturated heterocycles. The highest BCUT2D eigenvalue weighted by molar-refractivity contribution is 6.09. The number of nitrogens with zero attached hydrogens (tertiary/aromatic N) is 4. The maximum atomic E-state index is 6.67. The molecule has 0 bridgehead atoms. The van der Waals surface area contributed by atoms with E-state index in [0.29, 0.717) is 6.67 Å². The van der Waals surface area contributed by atoms with Crippen molar-refractivity contribution in [3.8, 4) is 17.3 Å². The molecule has 5 nitrogen and oxygen atoms in total. The van der Waals surface area contributed by atoms with Crippen molar-refractivity contribution in [2.24, 2.45) is 0 Å². The minimum absolute atomic E-state index is 0.00351. The molecule has 0 unspecified atom stereocenters. The molecular weight excluding hydrogens is 721 g/mol. The van der Waals surface area contributed by atoms with Gasteiger partial charge in [-0.25, -0.2) is 4.98 Å². The van der Waals surface area contributed by atoms with Crippen molar-refractivity contribution in [1.82, 2.24) is 9.55 Å². The fourth-order valence-corrected chi connectivity index (χ4v) is 8.42. The van der Waals surface area contributed by atoms with Gasteiger partial charge in [0.2, 0.25) is 0 Å². The largest absolute Gasteiger partial charge is 0.457 e. The van der Waals surface area contributed by atoms with Gasteiger partial charge in [0.05, 0.1) is 17.7 Å². The van der Waals surface area contributed by atoms with E-state index in [-0.39, 0.29) is 16.2 Å². The molecule has 0 amide bonds. The van der Waals surface area contributed by atoms with E-state index >= 15 is 0 Å². The van der Waals surface area contributed by atoms with Crippen molar-refractivity contribution in [2.45, 2.75) is 64.7 Å². The molecule has 1 aliphatic rings. The van der Waals surface area contributed by atoms with Crippen molar-refractivity contribution in [3.63, 3.8) is 0 Å². The molecule has 9 rings (SSSR count). The third-order valence-electron chi connectivity index (χ3n) is 12.3. The second-order valence-electron chi connectivity index (χ2n) is 17.9. The number of aromatic nitrogens is 2. The molecule has 8 aromatic rings. The van der Waals surface area contributed by atoms with Crippen LogP contribution in [-0.2, 0) is 16.2 Å². The van der Waals surface area contributed by atoms with E-state index < -0.39 is 0 Å². The van der Waals surface area contributed by atoms with E-state index in [4.69, 9.17) is 9.72 Å². The molecule has 294 valence electrons. The number of anilines is 2. The first-order valence-electron chi connectivity index (χ1n) is 20.6. The van der Waals surface area contributed by atoms with Gasteiger partial charge < -0.3 is 14.5 Å². The number of para-hydroxylation sites is 1. The number of pyridine rings is 1. The minimum Gasteiger partial charge on any atom is -0.457 e. The molecule has 0 spiro atoms. The van der Waals surface area contributed by atoms with Gasteiger partial charge in [0.1, 0.15) is 17.3 Å². The summed E-state index contributed by atoms with van der Waals surface area (Å²) in [5.74, 6) is 2.43. The van der Waals surface area contributed by atoms with Gasteiger partial charge in [-0.1, -0.05) is 139 Å². The summed E-state index contributed by atoms with van der Waals surface area (Å²) in [6.07, 6.45) is 6.28. The van der Waals surface area contributed by atoms with E-state index in [1.165, 1.54) is 38.9 Å². The summed E-state index contributed by atoms with van der Waals surface area (Å²) in [4.78, 5) is 9.55. The number of fused-ring (bicyclic) bond motifs is 3. The number of ether oxygens (including phenoxy) is 1. The topological polar surface area (TPSA) is 33.5 Å². The van der Waals surface area contributed by atoms with Crippen molar-refractivity contribution in [3.05, 3.63) is 204 Å². The summed E-state index contributed by atoms with van der Waals surface area (Å²) in [7, 11) is 0. The van der Waals surface area contributed by atoms with E-state index in [9.17, 15) is 0 Å². The van der Waals surface area contributed by atoms with Crippen LogP contribution in [0.5, 0.6) is 11.5 Å². The zero-order valence-corrected chi connectivity index (χ0v) is 35.1. The summed E-state index contributed by atoms with van der Waals surface area (Å²) in [5, 5.41) is 2.34. The highest BCUT2D eigenvalue weighted by atomic mass is 16.5. The summed E-state index contributed by atoms with van der Waals surface area (Å²) in [6.45, 7) is 16.8. The standard InChI is InChI=1S/C54H52N4O/c1-52(2,3)41-31-42(54(6,7)39-19-12-9-13-20-39)33-44(32-41)57-30-29-56(37-57)43-21-16-22-45(35-43)59-46-25-26-48-47-23-14-15-24-49(47)58(50(48)36-46)51-34-40(27-28-55-51)53(4,5)38-17-10-8-11-18-38/h8-36H,37H2,1-7H3. The smallest absolute Gasteiger partial charge is 0.137 e. The second kappa shape index (κ2) is 14.7. The third kappa shape index (κ3) is 7.16. The molecule has 0 N–H and O–H groups in total. The summed E-state index contributed by atoms with van der Waals surface area (Å²) in [6, 6.07) is 56.3. The lowest BCUT2D eigenvalue weighted by Gasteiger charge is -2.31. The summed E-state index contributed by atoms with van der Waals surface area (Å²) < 4.78 is 8.94. The van der Waals surface area contributed by atoms with Gasteiger partial charge in [-0.2, -0.15) is 0 Å². The van der Waals surface area contributed by atoms with Crippen LogP contribution in [0, 0.1) is 0 Å². The number of benzene rings is 6. The van der Waals surface area contributed by atoms with Crippen molar-refractivity contribution in [2.75, 3.05) is 16.5 Å². The first-order valence-corrected chi connectivity index (χ1v) is 20.6. The van der Waals surface area contributed by atoms with Crippen molar-refractivity contribution in [1.29, 1.82) is 0 Å². The quantitative estimate of drug-likeness (QED) is 0.146. The maximum Gasteiger partial charge on any atom is 0.137 e. The van der Waals surface area contributed by atoms with E-state index in [2.05, 4.69) is 227 Å². The van der Waals surface area contributed by atoms with Crippen LogP contribution in [0.25, 0.3) is 27.6 Å². The maximum absolute atomic E-state index is 6.67. The second-order valence-corrected chi connectivity index (χ2v) is 17.9. The van der Waals surface area contributed by atoms with Crippen LogP contribution in [0.1, 0.15) is 76.3 Å². The number of rotatable bonds is 9. The molecule has 59 heavy (non-hydrogen) atoms. The Morgan fingerprint density at radius 3 is 1.78 bits per heavy atom. The van der Waals surface area contributed by atoms with Gasteiger partial charge in [0.15, 0.2) is 0 Å². The molecule has 0 fully saturated rings. The zero-order valence-electron chi connectivity index (χ0n) is 35.1. The van der Waals surface area contributed by atoms with Gasteiger partial charge in [-0.3, -0.25) is 4.57 Å². The van der Waals surface area contributed by atoms with Gasteiger partial charge in [-0.05, 0) is 87.8 Å². The van der Waals surface area contributed by atoms with Crippen LogP contribution in [-0.4, -0.2) is 16.2 Å². The Labute approximate surface area is 348 Å². The molecule has 0 aliphatic carbocycles. The predicted molar refractivity (Wildman–Crippen MR) is 246 cm³/mol. The molecule has 5 heteroatoms. The Hall–Kier alpha value is -6.59. The SMILES string of the molecule is CC(C)(C)c1cc(N2C=CN(c3cccc(Oc4ccc5c6ccccc6n(-c6cc(C(C)(C)c7ccccc7)ccn6)c5c4)c3)C2)cc(C(C)(C)c2ccccc2)c1. The highest BCUT2D eigenvalue weighted by Crippen LogP contribution is 2.40. The molecule has 6 aromatic carbocycles. The van der Waals surface area contributed by atoms with Crippen molar-refractivity contribution < 1.29 is 4.74 Å². The number of hydrogen-bond donors (Lipinski definition) is 0. The van der Waals surface area contributed by atoms with Gasteiger partial charge >= 0.3 is 0 Å². The van der Waals surface area contributed by atoms with E-state index in [1.54, 1.807) is 0 Å². The lowest BCUT2D eigenvalue weighted by Crippen LogP contribution is -2.26. The minimum atomic E-state index is -0.197. The van der Waals surface area contributed by atoms with E-state index in [1.807, 2.05) is 12.3 Å². The van der Waals surface area contributed by atoms with Crippen molar-refractivity contribution >= 4 is 33.2 Å². The first kappa shape index (κ1) is 38.0. The Kier molecular flexibility index (Phi) is 9.43. The third-order valence-corrected chi connectivity index (χ3v) is 12.3. The average Bonchev–Trinajstić information content (AvgIpc) is 3.88. The normalized spacial score (nSPS) is 13.5. The zero-order chi connectivity index (χ0) is 40.9. The fraction of sp³-hybridized carbons (Fsp3) is 0.204.